The molecule has 1 aliphatic carbocycles. The fourth-order valence-electron chi connectivity index (χ4n) is 6.26. The molecule has 2 unspecified atom stereocenters. The van der Waals surface area contributed by atoms with E-state index in [2.05, 4.69) is 27.7 Å². The molecule has 30 heavy (non-hydrogen) atoms. The first-order chi connectivity index (χ1) is 14.4. The van der Waals surface area contributed by atoms with Crippen LogP contribution >= 0.6 is 0 Å². The highest BCUT2D eigenvalue weighted by molar-refractivity contribution is 5.21. The lowest BCUT2D eigenvalue weighted by Gasteiger charge is -2.68. The molecular formula is C28H56O2. The van der Waals surface area contributed by atoms with Crippen LogP contribution in [0.5, 0.6) is 0 Å². The molecule has 0 saturated heterocycles. The second-order valence-electron chi connectivity index (χ2n) is 10.6. The van der Waals surface area contributed by atoms with Crippen molar-refractivity contribution in [3.63, 3.8) is 0 Å². The first kappa shape index (κ1) is 28.0. The lowest BCUT2D eigenvalue weighted by molar-refractivity contribution is -0.314. The lowest BCUT2D eigenvalue weighted by atomic mass is 9.41. The summed E-state index contributed by atoms with van der Waals surface area (Å²) >= 11 is 0. The van der Waals surface area contributed by atoms with E-state index in [1.54, 1.807) is 0 Å². The summed E-state index contributed by atoms with van der Waals surface area (Å²) in [4.78, 5) is 0. The molecule has 0 radical (unpaired) electrons. The number of hydrogen-bond donors (Lipinski definition) is 2. The highest BCUT2D eigenvalue weighted by atomic mass is 16.3. The van der Waals surface area contributed by atoms with E-state index < -0.39 is 11.2 Å². The Morgan fingerprint density at radius 2 is 0.733 bits per heavy atom. The van der Waals surface area contributed by atoms with Gasteiger partial charge in [-0.3, -0.25) is 0 Å². The highest BCUT2D eigenvalue weighted by Crippen LogP contribution is 2.66. The molecule has 1 saturated carbocycles. The van der Waals surface area contributed by atoms with Gasteiger partial charge >= 0.3 is 0 Å². The van der Waals surface area contributed by atoms with E-state index in [1.807, 2.05) is 0 Å². The van der Waals surface area contributed by atoms with Gasteiger partial charge in [0.2, 0.25) is 0 Å². The Hall–Kier alpha value is -0.0800. The van der Waals surface area contributed by atoms with E-state index in [-0.39, 0.29) is 5.41 Å². The highest BCUT2D eigenvalue weighted by Gasteiger charge is 2.70. The van der Waals surface area contributed by atoms with Gasteiger partial charge in [0.1, 0.15) is 0 Å². The molecule has 1 fully saturated rings. The van der Waals surface area contributed by atoms with Crippen LogP contribution < -0.4 is 0 Å². The summed E-state index contributed by atoms with van der Waals surface area (Å²) in [7, 11) is 0. The third-order valence-electron chi connectivity index (χ3n) is 8.17. The SMILES string of the molecule is CCCCCCC1(O)CC(O)(CCCCCC)C1(CCCCCC)CCCCCC. The van der Waals surface area contributed by atoms with Crippen LogP contribution in [-0.4, -0.2) is 21.4 Å². The van der Waals surface area contributed by atoms with Gasteiger partial charge in [0, 0.05) is 11.8 Å². The summed E-state index contributed by atoms with van der Waals surface area (Å²) in [5.74, 6) is 0. The summed E-state index contributed by atoms with van der Waals surface area (Å²) in [6.45, 7) is 9.02. The Bertz CT molecular complexity index is 383. The molecule has 0 aliphatic heterocycles. The molecule has 0 aromatic heterocycles. The first-order valence-electron chi connectivity index (χ1n) is 13.9. The second kappa shape index (κ2) is 14.9. The smallest absolute Gasteiger partial charge is 0.0758 e. The lowest BCUT2D eigenvalue weighted by Crippen LogP contribution is -2.74. The van der Waals surface area contributed by atoms with Gasteiger partial charge in [-0.05, 0) is 25.7 Å². The standard InChI is InChI=1S/C28H56O2/c1-5-9-13-17-21-26(22-18-14-10-6-2)27(29,23-19-15-11-7-3)25-28(26,30)24-20-16-12-8-4/h29-30H,5-25H2,1-4H3. The largest absolute Gasteiger partial charge is 0.389 e. The summed E-state index contributed by atoms with van der Waals surface area (Å²) in [5, 5.41) is 23.8. The van der Waals surface area contributed by atoms with Crippen LogP contribution in [0.1, 0.15) is 163 Å². The third kappa shape index (κ3) is 7.51. The van der Waals surface area contributed by atoms with Crippen molar-refractivity contribution in [2.45, 2.75) is 174 Å². The van der Waals surface area contributed by atoms with Crippen molar-refractivity contribution in [3.05, 3.63) is 0 Å². The Kier molecular flexibility index (Phi) is 13.9. The van der Waals surface area contributed by atoms with Crippen molar-refractivity contribution in [2.75, 3.05) is 0 Å². The molecule has 2 N–H and O–H groups in total. The van der Waals surface area contributed by atoms with Gasteiger partial charge in [-0.25, -0.2) is 0 Å². The molecule has 0 amide bonds. The number of hydrogen-bond acceptors (Lipinski definition) is 2. The molecule has 0 aromatic carbocycles. The van der Waals surface area contributed by atoms with E-state index in [4.69, 9.17) is 0 Å². The molecule has 0 spiro atoms. The molecule has 180 valence electrons. The number of aliphatic hydroxyl groups is 2. The normalized spacial score (nSPS) is 25.4. The van der Waals surface area contributed by atoms with Gasteiger partial charge in [-0.15, -0.1) is 0 Å². The van der Waals surface area contributed by atoms with Crippen molar-refractivity contribution in [3.8, 4) is 0 Å². The van der Waals surface area contributed by atoms with Gasteiger partial charge < -0.3 is 10.2 Å². The van der Waals surface area contributed by atoms with Gasteiger partial charge in [0.15, 0.2) is 0 Å². The Morgan fingerprint density at radius 3 is 1.03 bits per heavy atom. The maximum absolute atomic E-state index is 11.9. The van der Waals surface area contributed by atoms with E-state index in [0.717, 1.165) is 51.4 Å². The predicted molar refractivity (Wildman–Crippen MR) is 132 cm³/mol. The van der Waals surface area contributed by atoms with Crippen molar-refractivity contribution in [1.29, 1.82) is 0 Å². The number of rotatable bonds is 20. The van der Waals surface area contributed by atoms with E-state index in [1.165, 1.54) is 77.0 Å². The molecular weight excluding hydrogens is 368 g/mol. The molecule has 2 heteroatoms. The Balaban J connectivity index is 2.95. The van der Waals surface area contributed by atoms with Crippen LogP contribution in [0.25, 0.3) is 0 Å². The van der Waals surface area contributed by atoms with Gasteiger partial charge in [-0.2, -0.15) is 0 Å². The molecule has 0 heterocycles. The third-order valence-corrected chi connectivity index (χ3v) is 8.17. The van der Waals surface area contributed by atoms with Crippen LogP contribution in [0.2, 0.25) is 0 Å². The molecule has 0 bridgehead atoms. The molecule has 1 aliphatic rings. The zero-order chi connectivity index (χ0) is 22.3. The zero-order valence-electron chi connectivity index (χ0n) is 21.2. The van der Waals surface area contributed by atoms with Crippen LogP contribution in [0.15, 0.2) is 0 Å². The van der Waals surface area contributed by atoms with Crippen molar-refractivity contribution >= 4 is 0 Å². The van der Waals surface area contributed by atoms with Crippen molar-refractivity contribution < 1.29 is 10.2 Å². The number of unbranched alkanes of at least 4 members (excludes halogenated alkanes) is 12. The van der Waals surface area contributed by atoms with Crippen molar-refractivity contribution in [2.24, 2.45) is 5.41 Å². The minimum absolute atomic E-state index is 0.264. The van der Waals surface area contributed by atoms with Crippen LogP contribution in [0.3, 0.4) is 0 Å². The minimum atomic E-state index is -0.640. The van der Waals surface area contributed by atoms with Crippen LogP contribution in [-0.2, 0) is 0 Å². The van der Waals surface area contributed by atoms with E-state index in [0.29, 0.717) is 6.42 Å². The molecule has 2 atom stereocenters. The fourth-order valence-corrected chi connectivity index (χ4v) is 6.26. The Labute approximate surface area is 189 Å². The minimum Gasteiger partial charge on any atom is -0.389 e. The molecule has 0 aromatic rings. The predicted octanol–water partition coefficient (Wildman–Crippen LogP) is 8.72. The summed E-state index contributed by atoms with van der Waals surface area (Å²) in [6.07, 6.45) is 24.0. The second-order valence-corrected chi connectivity index (χ2v) is 10.6. The summed E-state index contributed by atoms with van der Waals surface area (Å²) in [5.41, 5.74) is -1.54. The van der Waals surface area contributed by atoms with Crippen LogP contribution in [0, 0.1) is 5.41 Å². The maximum atomic E-state index is 11.9. The van der Waals surface area contributed by atoms with Gasteiger partial charge in [0.25, 0.3) is 0 Å². The summed E-state index contributed by atoms with van der Waals surface area (Å²) < 4.78 is 0. The van der Waals surface area contributed by atoms with Crippen LogP contribution in [0.4, 0.5) is 0 Å². The van der Waals surface area contributed by atoms with Gasteiger partial charge in [0.05, 0.1) is 11.2 Å². The monoisotopic (exact) mass is 424 g/mol. The molecule has 2 nitrogen and oxygen atoms in total. The van der Waals surface area contributed by atoms with E-state index >= 15 is 0 Å². The average molecular weight is 425 g/mol. The average Bonchev–Trinajstić information content (AvgIpc) is 2.73. The van der Waals surface area contributed by atoms with E-state index in [9.17, 15) is 10.2 Å². The zero-order valence-corrected chi connectivity index (χ0v) is 21.2. The maximum Gasteiger partial charge on any atom is 0.0758 e. The van der Waals surface area contributed by atoms with Gasteiger partial charge in [-0.1, -0.05) is 130 Å². The van der Waals surface area contributed by atoms with Crippen molar-refractivity contribution in [1.82, 2.24) is 0 Å². The topological polar surface area (TPSA) is 40.5 Å². The first-order valence-corrected chi connectivity index (χ1v) is 13.9. The quantitative estimate of drug-likeness (QED) is 0.192. The fraction of sp³-hybridized carbons (Fsp3) is 1.00. The summed E-state index contributed by atoms with van der Waals surface area (Å²) in [6, 6.07) is 0. The molecule has 1 rings (SSSR count). The Morgan fingerprint density at radius 1 is 0.433 bits per heavy atom.